The molecule has 2 N–H and O–H groups in total. The fourth-order valence-electron chi connectivity index (χ4n) is 2.17. The van der Waals surface area contributed by atoms with Gasteiger partial charge in [0.25, 0.3) is 0 Å². The third kappa shape index (κ3) is 3.26. The molecular weight excluding hydrogens is 270 g/mol. The highest BCUT2D eigenvalue weighted by Gasteiger charge is 2.20. The summed E-state index contributed by atoms with van der Waals surface area (Å²) >= 11 is 0. The van der Waals surface area contributed by atoms with Crippen molar-refractivity contribution >= 4 is 9.84 Å². The van der Waals surface area contributed by atoms with Gasteiger partial charge in [-0.2, -0.15) is 0 Å². The molecule has 2 rings (SSSR count). The van der Waals surface area contributed by atoms with Crippen LogP contribution in [0.5, 0.6) is 0 Å². The molecule has 0 bridgehead atoms. The first-order chi connectivity index (χ1) is 9.40. The Morgan fingerprint density at radius 2 is 1.60 bits per heavy atom. The van der Waals surface area contributed by atoms with Crippen molar-refractivity contribution in [3.8, 4) is 0 Å². The number of hydrogen-bond acceptors (Lipinski definition) is 3. The lowest BCUT2D eigenvalue weighted by Gasteiger charge is -2.15. The second kappa shape index (κ2) is 5.77. The lowest BCUT2D eigenvalue weighted by atomic mass is 10.0. The van der Waals surface area contributed by atoms with Crippen molar-refractivity contribution in [3.05, 3.63) is 65.2 Å². The molecule has 1 atom stereocenters. The minimum atomic E-state index is -3.37. The Kier molecular flexibility index (Phi) is 4.26. The summed E-state index contributed by atoms with van der Waals surface area (Å²) in [5.74, 6) is -0.0824. The number of rotatable bonds is 4. The van der Waals surface area contributed by atoms with E-state index in [9.17, 15) is 8.42 Å². The van der Waals surface area contributed by atoms with Crippen molar-refractivity contribution in [3.63, 3.8) is 0 Å². The van der Waals surface area contributed by atoms with Crippen LogP contribution < -0.4 is 5.73 Å². The van der Waals surface area contributed by atoms with Crippen molar-refractivity contribution < 1.29 is 8.42 Å². The monoisotopic (exact) mass is 289 g/mol. The van der Waals surface area contributed by atoms with Crippen molar-refractivity contribution in [1.82, 2.24) is 0 Å². The van der Waals surface area contributed by atoms with Gasteiger partial charge in [0, 0.05) is 6.04 Å². The number of aryl methyl sites for hydroxylation is 2. The van der Waals surface area contributed by atoms with Crippen molar-refractivity contribution in [1.29, 1.82) is 0 Å². The van der Waals surface area contributed by atoms with E-state index in [1.165, 1.54) is 0 Å². The zero-order valence-electron chi connectivity index (χ0n) is 11.7. The summed E-state index contributed by atoms with van der Waals surface area (Å²) in [6.45, 7) is 3.86. The molecule has 3 nitrogen and oxygen atoms in total. The van der Waals surface area contributed by atoms with E-state index in [1.54, 1.807) is 24.3 Å². The van der Waals surface area contributed by atoms with Crippen molar-refractivity contribution in [2.45, 2.75) is 24.8 Å². The van der Waals surface area contributed by atoms with E-state index in [2.05, 4.69) is 0 Å². The van der Waals surface area contributed by atoms with Gasteiger partial charge in [0.15, 0.2) is 9.84 Å². The summed E-state index contributed by atoms with van der Waals surface area (Å²) in [7, 11) is -3.37. The summed E-state index contributed by atoms with van der Waals surface area (Å²) in [5, 5.41) is 0. The van der Waals surface area contributed by atoms with E-state index in [-0.39, 0.29) is 5.75 Å². The lowest BCUT2D eigenvalue weighted by Crippen LogP contribution is -2.22. The van der Waals surface area contributed by atoms with Crippen LogP contribution in [0.4, 0.5) is 0 Å². The SMILES string of the molecule is Cc1ccc(S(=O)(=O)CC(N)c2ccccc2C)cc1. The highest BCUT2D eigenvalue weighted by atomic mass is 32.2. The summed E-state index contributed by atoms with van der Waals surface area (Å²) in [6, 6.07) is 14.0. The van der Waals surface area contributed by atoms with Gasteiger partial charge >= 0.3 is 0 Å². The predicted octanol–water partition coefficient (Wildman–Crippen LogP) is 2.78. The van der Waals surface area contributed by atoms with Gasteiger partial charge in [0.1, 0.15) is 0 Å². The largest absolute Gasteiger partial charge is 0.323 e. The van der Waals surface area contributed by atoms with Crippen LogP contribution >= 0.6 is 0 Å². The number of sulfone groups is 1. The van der Waals surface area contributed by atoms with Crippen LogP contribution in [0, 0.1) is 13.8 Å². The predicted molar refractivity (Wildman–Crippen MR) is 81.3 cm³/mol. The molecule has 0 heterocycles. The Bertz CT molecular complexity index is 691. The molecule has 0 aromatic heterocycles. The Hall–Kier alpha value is -1.65. The molecule has 0 aliphatic heterocycles. The third-order valence-electron chi connectivity index (χ3n) is 3.37. The topological polar surface area (TPSA) is 60.2 Å². The highest BCUT2D eigenvalue weighted by Crippen LogP contribution is 2.21. The third-order valence-corrected chi connectivity index (χ3v) is 5.16. The highest BCUT2D eigenvalue weighted by molar-refractivity contribution is 7.91. The molecule has 4 heteroatoms. The molecule has 106 valence electrons. The fourth-order valence-corrected chi connectivity index (χ4v) is 3.57. The average molecular weight is 289 g/mol. The maximum absolute atomic E-state index is 12.4. The molecular formula is C16H19NO2S. The van der Waals surface area contributed by atoms with Gasteiger partial charge < -0.3 is 5.73 Å². The van der Waals surface area contributed by atoms with E-state index >= 15 is 0 Å². The van der Waals surface area contributed by atoms with Crippen LogP contribution in [0.15, 0.2) is 53.4 Å². The van der Waals surface area contributed by atoms with E-state index in [0.29, 0.717) is 4.90 Å². The Balaban J connectivity index is 2.24. The molecule has 2 aromatic carbocycles. The molecule has 0 aliphatic carbocycles. The Morgan fingerprint density at radius 1 is 1.00 bits per heavy atom. The molecule has 0 amide bonds. The van der Waals surface area contributed by atoms with Gasteiger partial charge in [-0.05, 0) is 37.1 Å². The standard InChI is InChI=1S/C16H19NO2S/c1-12-7-9-14(10-8-12)20(18,19)11-16(17)15-6-4-3-5-13(15)2/h3-10,16H,11,17H2,1-2H3. The first-order valence-electron chi connectivity index (χ1n) is 6.51. The molecule has 0 saturated heterocycles. The van der Waals surface area contributed by atoms with Gasteiger partial charge in [-0.25, -0.2) is 8.42 Å². The van der Waals surface area contributed by atoms with E-state index in [0.717, 1.165) is 16.7 Å². The minimum Gasteiger partial charge on any atom is -0.323 e. The molecule has 20 heavy (non-hydrogen) atoms. The summed E-state index contributed by atoms with van der Waals surface area (Å²) < 4.78 is 24.7. The van der Waals surface area contributed by atoms with Gasteiger partial charge in [0.05, 0.1) is 10.6 Å². The quantitative estimate of drug-likeness (QED) is 0.941. The Labute approximate surface area is 120 Å². The maximum atomic E-state index is 12.4. The van der Waals surface area contributed by atoms with E-state index in [1.807, 2.05) is 38.1 Å². The molecule has 2 aromatic rings. The first kappa shape index (κ1) is 14.8. The Morgan fingerprint density at radius 3 is 2.20 bits per heavy atom. The summed E-state index contributed by atoms with van der Waals surface area (Å²) in [5.41, 5.74) is 9.00. The van der Waals surface area contributed by atoms with Crippen LogP contribution in [0.2, 0.25) is 0 Å². The minimum absolute atomic E-state index is 0.0824. The van der Waals surface area contributed by atoms with Crippen LogP contribution in [-0.2, 0) is 9.84 Å². The van der Waals surface area contributed by atoms with Crippen LogP contribution in [-0.4, -0.2) is 14.2 Å². The van der Waals surface area contributed by atoms with E-state index in [4.69, 9.17) is 5.73 Å². The van der Waals surface area contributed by atoms with Crippen LogP contribution in [0.1, 0.15) is 22.7 Å². The maximum Gasteiger partial charge on any atom is 0.180 e. The molecule has 0 fully saturated rings. The van der Waals surface area contributed by atoms with Gasteiger partial charge in [0.2, 0.25) is 0 Å². The van der Waals surface area contributed by atoms with Crippen LogP contribution in [0.3, 0.4) is 0 Å². The smallest absolute Gasteiger partial charge is 0.180 e. The second-order valence-corrected chi connectivity index (χ2v) is 7.09. The summed E-state index contributed by atoms with van der Waals surface area (Å²) in [4.78, 5) is 0.326. The first-order valence-corrected chi connectivity index (χ1v) is 8.16. The van der Waals surface area contributed by atoms with Gasteiger partial charge in [-0.15, -0.1) is 0 Å². The molecule has 0 radical (unpaired) electrons. The number of hydrogen-bond donors (Lipinski definition) is 1. The zero-order chi connectivity index (χ0) is 14.8. The van der Waals surface area contributed by atoms with E-state index < -0.39 is 15.9 Å². The average Bonchev–Trinajstić information content (AvgIpc) is 2.39. The molecule has 0 spiro atoms. The number of benzene rings is 2. The van der Waals surface area contributed by atoms with Gasteiger partial charge in [-0.1, -0.05) is 42.0 Å². The normalized spacial score (nSPS) is 13.2. The van der Waals surface area contributed by atoms with Gasteiger partial charge in [-0.3, -0.25) is 0 Å². The zero-order valence-corrected chi connectivity index (χ0v) is 12.5. The lowest BCUT2D eigenvalue weighted by molar-refractivity contribution is 0.588. The van der Waals surface area contributed by atoms with Crippen LogP contribution in [0.25, 0.3) is 0 Å². The second-order valence-electron chi connectivity index (χ2n) is 5.06. The molecule has 0 saturated carbocycles. The number of nitrogens with two attached hydrogens (primary N) is 1. The van der Waals surface area contributed by atoms with Crippen molar-refractivity contribution in [2.24, 2.45) is 5.73 Å². The van der Waals surface area contributed by atoms with Crippen molar-refractivity contribution in [2.75, 3.05) is 5.75 Å². The molecule has 0 aliphatic rings. The fraction of sp³-hybridized carbons (Fsp3) is 0.250. The summed E-state index contributed by atoms with van der Waals surface area (Å²) in [6.07, 6.45) is 0. The molecule has 1 unspecified atom stereocenters.